The number of urea groups is 1. The number of benzene rings is 1. The number of piperidine rings is 1. The SMILES string of the molecule is CC1CCCCC12NC(=O)N(CC(=O)Nc1cc(Cl)ccc1N1CCCCC1)C2=O. The van der Waals surface area contributed by atoms with Crippen LogP contribution in [0, 0.1) is 5.92 Å². The highest BCUT2D eigenvalue weighted by molar-refractivity contribution is 6.31. The summed E-state index contributed by atoms with van der Waals surface area (Å²) in [7, 11) is 0. The zero-order chi connectivity index (χ0) is 21.3. The Bertz CT molecular complexity index is 855. The molecule has 162 valence electrons. The molecule has 2 heterocycles. The van der Waals surface area contributed by atoms with Crippen LogP contribution in [0.3, 0.4) is 0 Å². The molecule has 2 saturated heterocycles. The zero-order valence-corrected chi connectivity index (χ0v) is 18.1. The summed E-state index contributed by atoms with van der Waals surface area (Å²) >= 11 is 6.17. The van der Waals surface area contributed by atoms with Gasteiger partial charge in [0.2, 0.25) is 5.91 Å². The van der Waals surface area contributed by atoms with Gasteiger partial charge in [0.1, 0.15) is 12.1 Å². The van der Waals surface area contributed by atoms with E-state index in [4.69, 9.17) is 11.6 Å². The molecule has 3 fully saturated rings. The van der Waals surface area contributed by atoms with Gasteiger partial charge in [-0.15, -0.1) is 0 Å². The lowest BCUT2D eigenvalue weighted by molar-refractivity contribution is -0.136. The first kappa shape index (κ1) is 21.0. The Morgan fingerprint density at radius 1 is 1.20 bits per heavy atom. The number of hydrogen-bond acceptors (Lipinski definition) is 4. The molecule has 0 bridgehead atoms. The van der Waals surface area contributed by atoms with Crippen LogP contribution in [0.2, 0.25) is 5.02 Å². The van der Waals surface area contributed by atoms with Crippen molar-refractivity contribution in [2.24, 2.45) is 5.92 Å². The number of nitrogens with one attached hydrogen (secondary N) is 2. The molecule has 2 unspecified atom stereocenters. The number of rotatable bonds is 4. The molecule has 4 rings (SSSR count). The van der Waals surface area contributed by atoms with E-state index < -0.39 is 17.5 Å². The molecule has 8 heteroatoms. The predicted octanol–water partition coefficient (Wildman–Crippen LogP) is 3.77. The Kier molecular flexibility index (Phi) is 5.91. The molecule has 0 radical (unpaired) electrons. The van der Waals surface area contributed by atoms with Crippen LogP contribution in [0.15, 0.2) is 18.2 Å². The Morgan fingerprint density at radius 3 is 2.70 bits per heavy atom. The van der Waals surface area contributed by atoms with Crippen molar-refractivity contribution >= 4 is 40.8 Å². The normalized spacial score (nSPS) is 26.8. The van der Waals surface area contributed by atoms with Gasteiger partial charge >= 0.3 is 6.03 Å². The van der Waals surface area contributed by atoms with Crippen LogP contribution in [-0.2, 0) is 9.59 Å². The predicted molar refractivity (Wildman–Crippen MR) is 117 cm³/mol. The fourth-order valence-corrected chi connectivity index (χ4v) is 5.16. The van der Waals surface area contributed by atoms with Crippen molar-refractivity contribution in [2.75, 3.05) is 29.9 Å². The van der Waals surface area contributed by atoms with Gasteiger partial charge in [0, 0.05) is 18.1 Å². The molecular formula is C22H29ClN4O3. The van der Waals surface area contributed by atoms with E-state index in [1.54, 1.807) is 6.07 Å². The molecule has 2 atom stereocenters. The molecule has 1 saturated carbocycles. The van der Waals surface area contributed by atoms with Gasteiger partial charge in [0.15, 0.2) is 0 Å². The summed E-state index contributed by atoms with van der Waals surface area (Å²) in [6, 6.07) is 4.97. The fourth-order valence-electron chi connectivity index (χ4n) is 4.99. The topological polar surface area (TPSA) is 81.8 Å². The number of halogens is 1. The van der Waals surface area contributed by atoms with Crippen LogP contribution >= 0.6 is 11.6 Å². The molecule has 30 heavy (non-hydrogen) atoms. The summed E-state index contributed by atoms with van der Waals surface area (Å²) in [6.07, 6.45) is 6.91. The minimum atomic E-state index is -0.857. The minimum absolute atomic E-state index is 0.0643. The summed E-state index contributed by atoms with van der Waals surface area (Å²) in [4.78, 5) is 41.7. The lowest BCUT2D eigenvalue weighted by Gasteiger charge is -2.36. The molecular weight excluding hydrogens is 404 g/mol. The average Bonchev–Trinajstić information content (AvgIpc) is 2.96. The van der Waals surface area contributed by atoms with Gasteiger partial charge in [-0.25, -0.2) is 4.79 Å². The molecule has 2 N–H and O–H groups in total. The van der Waals surface area contributed by atoms with Crippen LogP contribution in [0.5, 0.6) is 0 Å². The lowest BCUT2D eigenvalue weighted by atomic mass is 9.73. The highest BCUT2D eigenvalue weighted by Gasteiger charge is 2.55. The maximum absolute atomic E-state index is 13.1. The molecule has 2 aliphatic heterocycles. The quantitative estimate of drug-likeness (QED) is 0.709. The van der Waals surface area contributed by atoms with Gasteiger partial charge in [-0.2, -0.15) is 0 Å². The second kappa shape index (κ2) is 8.46. The van der Waals surface area contributed by atoms with E-state index in [2.05, 4.69) is 15.5 Å². The van der Waals surface area contributed by atoms with Crippen molar-refractivity contribution in [3.05, 3.63) is 23.2 Å². The summed E-state index contributed by atoms with van der Waals surface area (Å²) in [5, 5.41) is 6.29. The third kappa shape index (κ3) is 3.87. The van der Waals surface area contributed by atoms with E-state index >= 15 is 0 Å². The lowest BCUT2D eigenvalue weighted by Crippen LogP contribution is -2.54. The first-order valence-electron chi connectivity index (χ1n) is 10.9. The number of nitrogens with zero attached hydrogens (tertiary/aromatic N) is 2. The highest BCUT2D eigenvalue weighted by Crippen LogP contribution is 2.38. The number of carbonyl (C=O) groups is 3. The maximum atomic E-state index is 13.1. The van der Waals surface area contributed by atoms with Crippen molar-refractivity contribution < 1.29 is 14.4 Å². The molecule has 7 nitrogen and oxygen atoms in total. The van der Waals surface area contributed by atoms with Crippen LogP contribution in [-0.4, -0.2) is 47.9 Å². The summed E-state index contributed by atoms with van der Waals surface area (Å²) in [5.74, 6) is -0.619. The van der Waals surface area contributed by atoms with Crippen molar-refractivity contribution in [3.63, 3.8) is 0 Å². The molecule has 1 spiro atoms. The van der Waals surface area contributed by atoms with Crippen LogP contribution in [0.1, 0.15) is 51.9 Å². The van der Waals surface area contributed by atoms with Crippen molar-refractivity contribution in [1.82, 2.24) is 10.2 Å². The van der Waals surface area contributed by atoms with Gasteiger partial charge in [0.25, 0.3) is 5.91 Å². The maximum Gasteiger partial charge on any atom is 0.325 e. The summed E-state index contributed by atoms with van der Waals surface area (Å²) in [6.45, 7) is 3.55. The Hall–Kier alpha value is -2.28. The van der Waals surface area contributed by atoms with Crippen LogP contribution in [0.4, 0.5) is 16.2 Å². The second-order valence-corrected chi connectivity index (χ2v) is 9.13. The van der Waals surface area contributed by atoms with E-state index in [1.165, 1.54) is 6.42 Å². The Morgan fingerprint density at radius 2 is 1.97 bits per heavy atom. The number of carbonyl (C=O) groups excluding carboxylic acids is 3. The molecule has 3 aliphatic rings. The van der Waals surface area contributed by atoms with Gasteiger partial charge < -0.3 is 15.5 Å². The highest BCUT2D eigenvalue weighted by atomic mass is 35.5. The van der Waals surface area contributed by atoms with Gasteiger partial charge in [-0.05, 0) is 56.2 Å². The largest absolute Gasteiger partial charge is 0.370 e. The van der Waals surface area contributed by atoms with Crippen molar-refractivity contribution in [2.45, 2.75) is 57.4 Å². The molecule has 1 aromatic rings. The smallest absolute Gasteiger partial charge is 0.325 e. The fraction of sp³-hybridized carbons (Fsp3) is 0.591. The standard InChI is InChI=1S/C22H29ClN4O3/c1-15-7-3-4-10-22(15)20(29)27(21(30)25-22)14-19(28)24-17-13-16(23)8-9-18(17)26-11-5-2-6-12-26/h8-9,13,15H,2-7,10-12,14H2,1H3,(H,24,28)(H,25,30). The number of amides is 4. The summed E-state index contributed by atoms with van der Waals surface area (Å²) in [5.41, 5.74) is 0.675. The van der Waals surface area contributed by atoms with Crippen molar-refractivity contribution in [3.8, 4) is 0 Å². The molecule has 1 aliphatic carbocycles. The minimum Gasteiger partial charge on any atom is -0.370 e. The number of anilines is 2. The number of imide groups is 1. The third-order valence-electron chi connectivity index (χ3n) is 6.73. The molecule has 0 aromatic heterocycles. The Labute approximate surface area is 182 Å². The monoisotopic (exact) mass is 432 g/mol. The summed E-state index contributed by atoms with van der Waals surface area (Å²) < 4.78 is 0. The molecule has 1 aromatic carbocycles. The van der Waals surface area contributed by atoms with E-state index in [0.29, 0.717) is 17.1 Å². The zero-order valence-electron chi connectivity index (χ0n) is 17.4. The van der Waals surface area contributed by atoms with Gasteiger partial charge in [0.05, 0.1) is 11.4 Å². The van der Waals surface area contributed by atoms with Gasteiger partial charge in [-0.1, -0.05) is 31.4 Å². The van der Waals surface area contributed by atoms with E-state index in [0.717, 1.165) is 55.8 Å². The molecule has 4 amide bonds. The van der Waals surface area contributed by atoms with Crippen LogP contribution in [0.25, 0.3) is 0 Å². The first-order chi connectivity index (χ1) is 14.4. The average molecular weight is 433 g/mol. The third-order valence-corrected chi connectivity index (χ3v) is 6.97. The van der Waals surface area contributed by atoms with E-state index in [-0.39, 0.29) is 18.4 Å². The van der Waals surface area contributed by atoms with Crippen molar-refractivity contribution in [1.29, 1.82) is 0 Å². The first-order valence-corrected chi connectivity index (χ1v) is 11.3. The van der Waals surface area contributed by atoms with E-state index in [9.17, 15) is 14.4 Å². The van der Waals surface area contributed by atoms with Crippen LogP contribution < -0.4 is 15.5 Å². The van der Waals surface area contributed by atoms with Gasteiger partial charge in [-0.3, -0.25) is 14.5 Å². The number of hydrogen-bond donors (Lipinski definition) is 2. The Balaban J connectivity index is 1.48. The van der Waals surface area contributed by atoms with E-state index in [1.807, 2.05) is 19.1 Å². The second-order valence-electron chi connectivity index (χ2n) is 8.70.